The summed E-state index contributed by atoms with van der Waals surface area (Å²) >= 11 is 1.85. The molecule has 0 aromatic rings. The summed E-state index contributed by atoms with van der Waals surface area (Å²) in [6.45, 7) is 0.575. The molecule has 2 saturated heterocycles. The Morgan fingerprint density at radius 2 is 1.88 bits per heavy atom. The summed E-state index contributed by atoms with van der Waals surface area (Å²) in [6.07, 6.45) is 2.81. The molecule has 3 unspecified atom stereocenters. The molecule has 0 saturated carbocycles. The molecule has 0 aromatic carbocycles. The van der Waals surface area contributed by atoms with E-state index in [1.165, 1.54) is 0 Å². The van der Waals surface area contributed by atoms with E-state index in [1.54, 1.807) is 0 Å². The molecule has 9 nitrogen and oxygen atoms in total. The third-order valence-corrected chi connectivity index (χ3v) is 6.03. The first-order valence-corrected chi connectivity index (χ1v) is 10.1. The van der Waals surface area contributed by atoms with E-state index in [0.717, 1.165) is 31.4 Å². The number of fused-ring (bicyclic) bond motifs is 1. The van der Waals surface area contributed by atoms with Gasteiger partial charge in [0.25, 0.3) is 0 Å². The number of thioether (sulfide) groups is 1. The molecule has 0 spiro atoms. The number of carbonyl (C=O) groups excluding carboxylic acids is 3. The average molecular weight is 388 g/mol. The number of aliphatic hydroxyl groups excluding tert-OH is 1. The first kappa shape index (κ1) is 20.8. The molecule has 2 heterocycles. The van der Waals surface area contributed by atoms with Crippen molar-refractivity contribution < 1.29 is 24.6 Å². The molecule has 0 radical (unpaired) electrons. The van der Waals surface area contributed by atoms with Crippen molar-refractivity contribution in [1.82, 2.24) is 21.3 Å². The molecule has 0 aliphatic carbocycles. The second-order valence-electron chi connectivity index (χ2n) is 6.62. The Kier molecular flexibility index (Phi) is 8.46. The van der Waals surface area contributed by atoms with Gasteiger partial charge in [-0.1, -0.05) is 6.42 Å². The normalized spacial score (nSPS) is 24.1. The first-order valence-electron chi connectivity index (χ1n) is 9.06. The van der Waals surface area contributed by atoms with Crippen LogP contribution in [0.5, 0.6) is 0 Å². The predicted molar refractivity (Wildman–Crippen MR) is 97.2 cm³/mol. The first-order chi connectivity index (χ1) is 12.5. The third kappa shape index (κ3) is 7.00. The minimum atomic E-state index is -1.81. The molecule has 3 atom stereocenters. The van der Waals surface area contributed by atoms with Crippen LogP contribution in [0, 0.1) is 0 Å². The van der Waals surface area contributed by atoms with Crippen molar-refractivity contribution in [3.63, 3.8) is 0 Å². The van der Waals surface area contributed by atoms with Crippen LogP contribution in [0.1, 0.15) is 44.9 Å². The lowest BCUT2D eigenvalue weighted by molar-refractivity contribution is -0.134. The largest absolute Gasteiger partial charge is 0.356 e. The second-order valence-corrected chi connectivity index (χ2v) is 7.89. The van der Waals surface area contributed by atoms with Crippen LogP contribution in [-0.4, -0.2) is 64.1 Å². The Bertz CT molecular complexity index is 505. The summed E-state index contributed by atoms with van der Waals surface area (Å²) in [4.78, 5) is 34.3. The number of nitrogens with one attached hydrogen (secondary N) is 4. The number of carbonyl (C=O) groups is 3. The van der Waals surface area contributed by atoms with Crippen molar-refractivity contribution in [2.24, 2.45) is 0 Å². The van der Waals surface area contributed by atoms with Crippen LogP contribution in [-0.2, 0) is 9.59 Å². The maximum atomic E-state index is 11.8. The molecule has 148 valence electrons. The highest BCUT2D eigenvalue weighted by Gasteiger charge is 2.42. The van der Waals surface area contributed by atoms with Crippen LogP contribution < -0.4 is 21.3 Å². The number of unbranched alkanes of at least 4 members (excludes halogenated alkanes) is 2. The van der Waals surface area contributed by atoms with E-state index < -0.39 is 12.3 Å². The van der Waals surface area contributed by atoms with Crippen molar-refractivity contribution in [2.75, 3.05) is 12.3 Å². The standard InChI is InChI=1S/C16H28N4O5S/c21-12(17-8-3-1-2-6-13(22)19-16(24)25)7-4-5-11-14-10(9-26-11)18-15(23)20-14/h10-11,14,16,24-25H,1-9H2,(H,17,21)(H,19,22)(H2,18,20,23). The molecular formula is C16H28N4O5S. The molecule has 2 rings (SSSR count). The highest BCUT2D eigenvalue weighted by atomic mass is 32.2. The van der Waals surface area contributed by atoms with Gasteiger partial charge in [-0.3, -0.25) is 9.59 Å². The van der Waals surface area contributed by atoms with E-state index >= 15 is 0 Å². The molecule has 6 N–H and O–H groups in total. The molecule has 26 heavy (non-hydrogen) atoms. The topological polar surface area (TPSA) is 140 Å². The number of aliphatic hydroxyl groups is 2. The van der Waals surface area contributed by atoms with Gasteiger partial charge in [-0.2, -0.15) is 11.8 Å². The Morgan fingerprint density at radius 3 is 2.65 bits per heavy atom. The number of hydrogen-bond acceptors (Lipinski definition) is 6. The second kappa shape index (κ2) is 10.6. The van der Waals surface area contributed by atoms with Crippen LogP contribution in [0.15, 0.2) is 0 Å². The fraction of sp³-hybridized carbons (Fsp3) is 0.812. The molecule has 2 fully saturated rings. The lowest BCUT2D eigenvalue weighted by Gasteiger charge is -2.16. The molecule has 2 aliphatic rings. The van der Waals surface area contributed by atoms with E-state index in [1.807, 2.05) is 17.1 Å². The highest BCUT2D eigenvalue weighted by Crippen LogP contribution is 2.32. The molecule has 10 heteroatoms. The van der Waals surface area contributed by atoms with Crippen molar-refractivity contribution in [2.45, 2.75) is 68.7 Å². The van der Waals surface area contributed by atoms with E-state index in [4.69, 9.17) is 10.2 Å². The number of urea groups is 1. The Balaban J connectivity index is 1.45. The summed E-state index contributed by atoms with van der Waals surface area (Å²) in [7, 11) is 0. The van der Waals surface area contributed by atoms with Gasteiger partial charge in [-0.25, -0.2) is 4.79 Å². The Labute approximate surface area is 157 Å². The molecule has 2 aliphatic heterocycles. The van der Waals surface area contributed by atoms with Crippen molar-refractivity contribution in [1.29, 1.82) is 0 Å². The van der Waals surface area contributed by atoms with Gasteiger partial charge in [0.1, 0.15) is 0 Å². The van der Waals surface area contributed by atoms with Gasteiger partial charge >= 0.3 is 6.03 Å². The van der Waals surface area contributed by atoms with Crippen LogP contribution in [0.25, 0.3) is 0 Å². The lowest BCUT2D eigenvalue weighted by Crippen LogP contribution is -2.37. The summed E-state index contributed by atoms with van der Waals surface area (Å²) in [6, 6.07) is 0.307. The van der Waals surface area contributed by atoms with Crippen LogP contribution in [0.2, 0.25) is 0 Å². The summed E-state index contributed by atoms with van der Waals surface area (Å²) in [5, 5.41) is 28.2. The van der Waals surface area contributed by atoms with Crippen LogP contribution in [0.4, 0.5) is 4.79 Å². The van der Waals surface area contributed by atoms with Crippen molar-refractivity contribution in [3.8, 4) is 0 Å². The van der Waals surface area contributed by atoms with Gasteiger partial charge in [-0.05, 0) is 25.7 Å². The van der Waals surface area contributed by atoms with E-state index in [2.05, 4.69) is 16.0 Å². The summed E-state index contributed by atoms with van der Waals surface area (Å²) in [5.74, 6) is 0.555. The number of rotatable bonds is 11. The van der Waals surface area contributed by atoms with Gasteiger partial charge in [0.2, 0.25) is 18.2 Å². The van der Waals surface area contributed by atoms with Crippen LogP contribution in [0.3, 0.4) is 0 Å². The minimum absolute atomic E-state index is 0.0271. The SMILES string of the molecule is O=C(CCCC1SCC2NC(=O)NC21)NCCCCCC(=O)NC(O)O. The zero-order valence-electron chi connectivity index (χ0n) is 14.7. The van der Waals surface area contributed by atoms with Gasteiger partial charge in [0.15, 0.2) is 0 Å². The number of hydrogen-bond donors (Lipinski definition) is 6. The molecule has 0 bridgehead atoms. The molecular weight excluding hydrogens is 360 g/mol. The van der Waals surface area contributed by atoms with E-state index in [0.29, 0.717) is 24.6 Å². The maximum Gasteiger partial charge on any atom is 0.315 e. The van der Waals surface area contributed by atoms with Gasteiger partial charge < -0.3 is 31.5 Å². The van der Waals surface area contributed by atoms with E-state index in [-0.39, 0.29) is 30.4 Å². The average Bonchev–Trinajstić information content (AvgIpc) is 3.10. The molecule has 0 aromatic heterocycles. The maximum absolute atomic E-state index is 11.8. The van der Waals surface area contributed by atoms with Gasteiger partial charge in [-0.15, -0.1) is 0 Å². The Morgan fingerprint density at radius 1 is 1.12 bits per heavy atom. The monoisotopic (exact) mass is 388 g/mol. The fourth-order valence-electron chi connectivity index (χ4n) is 3.23. The Hall–Kier alpha value is -1.52. The summed E-state index contributed by atoms with van der Waals surface area (Å²) < 4.78 is 0. The minimum Gasteiger partial charge on any atom is -0.356 e. The number of amides is 4. The smallest absolute Gasteiger partial charge is 0.315 e. The fourth-order valence-corrected chi connectivity index (χ4v) is 4.77. The van der Waals surface area contributed by atoms with Crippen molar-refractivity contribution >= 4 is 29.6 Å². The van der Waals surface area contributed by atoms with Crippen LogP contribution >= 0.6 is 11.8 Å². The van der Waals surface area contributed by atoms with Gasteiger partial charge in [0.05, 0.1) is 12.1 Å². The zero-order valence-corrected chi connectivity index (χ0v) is 15.5. The third-order valence-electron chi connectivity index (χ3n) is 4.52. The molecule has 4 amide bonds. The van der Waals surface area contributed by atoms with Gasteiger partial charge in [0, 0.05) is 30.4 Å². The quantitative estimate of drug-likeness (QED) is 0.158. The summed E-state index contributed by atoms with van der Waals surface area (Å²) in [5.41, 5.74) is 0. The highest BCUT2D eigenvalue weighted by molar-refractivity contribution is 8.00. The van der Waals surface area contributed by atoms with E-state index in [9.17, 15) is 14.4 Å². The zero-order chi connectivity index (χ0) is 18.9. The lowest BCUT2D eigenvalue weighted by atomic mass is 10.0. The van der Waals surface area contributed by atoms with Crippen molar-refractivity contribution in [3.05, 3.63) is 0 Å². The predicted octanol–water partition coefficient (Wildman–Crippen LogP) is -0.617.